The molecule has 5 heterocycles. The number of Topliss-reactive ketones (excluding diaryl/α,β-unsaturated/α-hetero) is 1. The number of fused-ring (bicyclic) bond motifs is 3. The average Bonchev–Trinajstić information content (AvgIpc) is 3.26. The molecule has 2 fully saturated rings. The van der Waals surface area contributed by atoms with Gasteiger partial charge in [0.05, 0.1) is 25.3 Å². The van der Waals surface area contributed by atoms with Crippen LogP contribution >= 0.6 is 0 Å². The lowest BCUT2D eigenvalue weighted by Crippen LogP contribution is -2.46. The number of nitrogens with one attached hydrogen (secondary N) is 1. The molecule has 0 unspecified atom stereocenters. The zero-order valence-corrected chi connectivity index (χ0v) is 21.1. The molecule has 6 rings (SSSR count). The highest BCUT2D eigenvalue weighted by atomic mass is 16.6. The van der Waals surface area contributed by atoms with Gasteiger partial charge < -0.3 is 19.5 Å². The molecule has 0 spiro atoms. The molecule has 3 aromatic heterocycles. The monoisotopic (exact) mass is 519 g/mol. The third-order valence-corrected chi connectivity index (χ3v) is 7.46. The van der Waals surface area contributed by atoms with Gasteiger partial charge in [-0.1, -0.05) is 0 Å². The SMILES string of the molecule is COc1ccc2ccc(=O)n(CCCN[C@@H]3CC[C@@H]4[C@@H](C3)OC(=O)N4c3ccc4c(n3)CC(=O)CO4)c2n1. The van der Waals surface area contributed by atoms with Gasteiger partial charge in [0.25, 0.3) is 5.56 Å². The van der Waals surface area contributed by atoms with Crippen LogP contribution in [0.5, 0.6) is 11.6 Å². The molecule has 0 radical (unpaired) electrons. The van der Waals surface area contributed by atoms with Gasteiger partial charge in [-0.05, 0) is 50.1 Å². The minimum atomic E-state index is -0.408. The van der Waals surface area contributed by atoms with Crippen molar-refractivity contribution < 1.29 is 23.8 Å². The maximum Gasteiger partial charge on any atom is 0.416 e. The smallest absolute Gasteiger partial charge is 0.416 e. The van der Waals surface area contributed by atoms with E-state index in [0.717, 1.165) is 24.6 Å². The van der Waals surface area contributed by atoms with Crippen molar-refractivity contribution in [2.45, 2.75) is 56.8 Å². The van der Waals surface area contributed by atoms with Crippen LogP contribution in [0.4, 0.5) is 10.6 Å². The number of ether oxygens (including phenoxy) is 3. The van der Waals surface area contributed by atoms with E-state index in [4.69, 9.17) is 14.2 Å². The summed E-state index contributed by atoms with van der Waals surface area (Å²) in [5, 5.41) is 4.46. The third-order valence-electron chi connectivity index (χ3n) is 7.46. The lowest BCUT2D eigenvalue weighted by Gasteiger charge is -2.33. The molecule has 1 N–H and O–H groups in total. The second-order valence-corrected chi connectivity index (χ2v) is 9.89. The number of carbonyl (C=O) groups is 2. The van der Waals surface area contributed by atoms with Crippen molar-refractivity contribution in [2.75, 3.05) is 25.2 Å². The summed E-state index contributed by atoms with van der Waals surface area (Å²) in [7, 11) is 1.56. The van der Waals surface area contributed by atoms with Gasteiger partial charge in [0.1, 0.15) is 29.9 Å². The van der Waals surface area contributed by atoms with Crippen LogP contribution in [0, 0.1) is 0 Å². The van der Waals surface area contributed by atoms with Crippen molar-refractivity contribution >= 4 is 28.7 Å². The number of rotatable bonds is 7. The molecule has 0 bridgehead atoms. The Bertz CT molecular complexity index is 1460. The molecular formula is C27H29N5O6. The lowest BCUT2D eigenvalue weighted by atomic mass is 9.88. The van der Waals surface area contributed by atoms with Gasteiger partial charge in [-0.15, -0.1) is 0 Å². The van der Waals surface area contributed by atoms with Gasteiger partial charge in [-0.2, -0.15) is 4.98 Å². The fourth-order valence-corrected chi connectivity index (χ4v) is 5.59. The molecule has 3 atom stereocenters. The Hall–Kier alpha value is -3.99. The standard InChI is InChI=1S/C27H29N5O6/c1-36-24-9-3-16-4-10-25(34)31(26(16)30-24)12-2-11-28-17-5-6-20-22(13-17)38-27(35)32(20)23-8-7-21-19(29-23)14-18(33)15-37-21/h3-4,7-10,17,20,22,28H,2,5-6,11-15H2,1H3/t17-,20-,22-/m1/s1. The van der Waals surface area contributed by atoms with Gasteiger partial charge in [0.2, 0.25) is 5.88 Å². The third kappa shape index (κ3) is 4.58. The van der Waals surface area contributed by atoms with Crippen molar-refractivity contribution in [3.63, 3.8) is 0 Å². The first kappa shape index (κ1) is 24.4. The number of methoxy groups -OCH3 is 1. The highest BCUT2D eigenvalue weighted by Crippen LogP contribution is 2.36. The van der Waals surface area contributed by atoms with E-state index in [1.54, 1.807) is 46.9 Å². The largest absolute Gasteiger partial charge is 0.484 e. The van der Waals surface area contributed by atoms with Crippen LogP contribution in [-0.4, -0.2) is 64.9 Å². The van der Waals surface area contributed by atoms with E-state index in [0.29, 0.717) is 48.3 Å². The van der Waals surface area contributed by atoms with Crippen LogP contribution in [-0.2, 0) is 22.5 Å². The van der Waals surface area contributed by atoms with Crippen LogP contribution in [0.25, 0.3) is 11.0 Å². The first-order chi connectivity index (χ1) is 18.5. The molecule has 11 nitrogen and oxygen atoms in total. The predicted molar refractivity (Wildman–Crippen MR) is 138 cm³/mol. The summed E-state index contributed by atoms with van der Waals surface area (Å²) in [4.78, 5) is 47.7. The van der Waals surface area contributed by atoms with Crippen molar-refractivity contribution in [1.29, 1.82) is 0 Å². The molecule has 1 amide bonds. The molecule has 1 saturated heterocycles. The number of carbonyl (C=O) groups excluding carboxylic acids is 2. The van der Waals surface area contributed by atoms with E-state index in [1.807, 2.05) is 6.07 Å². The second-order valence-electron chi connectivity index (χ2n) is 9.89. The van der Waals surface area contributed by atoms with E-state index >= 15 is 0 Å². The molecule has 3 aromatic rings. The highest BCUT2D eigenvalue weighted by molar-refractivity contribution is 5.90. The van der Waals surface area contributed by atoms with Crippen molar-refractivity contribution in [1.82, 2.24) is 19.9 Å². The topological polar surface area (TPSA) is 125 Å². The molecular weight excluding hydrogens is 490 g/mol. The summed E-state index contributed by atoms with van der Waals surface area (Å²) in [6, 6.07) is 10.6. The number of amides is 1. The fraction of sp³-hybridized carbons (Fsp3) is 0.444. The molecule has 2 aliphatic heterocycles. The van der Waals surface area contributed by atoms with Crippen LogP contribution in [0.15, 0.2) is 41.2 Å². The summed E-state index contributed by atoms with van der Waals surface area (Å²) in [6.07, 6.45) is 2.67. The maximum absolute atomic E-state index is 12.8. The summed E-state index contributed by atoms with van der Waals surface area (Å²) < 4.78 is 18.1. The molecule has 0 aromatic carbocycles. The number of nitrogens with zero attached hydrogens (tertiary/aromatic N) is 4. The Morgan fingerprint density at radius 2 is 1.95 bits per heavy atom. The van der Waals surface area contributed by atoms with Crippen molar-refractivity contribution in [2.24, 2.45) is 0 Å². The van der Waals surface area contributed by atoms with Crippen LogP contribution in [0.1, 0.15) is 31.4 Å². The number of hydrogen-bond donors (Lipinski definition) is 1. The average molecular weight is 520 g/mol. The van der Waals surface area contributed by atoms with Crippen LogP contribution in [0.2, 0.25) is 0 Å². The molecule has 3 aliphatic rings. The fourth-order valence-electron chi connectivity index (χ4n) is 5.59. The summed E-state index contributed by atoms with van der Waals surface area (Å²) in [5.41, 5.74) is 1.08. The summed E-state index contributed by atoms with van der Waals surface area (Å²) in [5.74, 6) is 1.53. The molecule has 11 heteroatoms. The number of hydrogen-bond acceptors (Lipinski definition) is 9. The Kier molecular flexibility index (Phi) is 6.44. The van der Waals surface area contributed by atoms with Crippen molar-refractivity contribution in [3.8, 4) is 11.6 Å². The van der Waals surface area contributed by atoms with Crippen molar-refractivity contribution in [3.05, 3.63) is 52.4 Å². The molecule has 1 saturated carbocycles. The maximum atomic E-state index is 12.8. The number of aryl methyl sites for hydroxylation is 1. The Balaban J connectivity index is 1.06. The lowest BCUT2D eigenvalue weighted by molar-refractivity contribution is -0.121. The Morgan fingerprint density at radius 1 is 1.08 bits per heavy atom. The van der Waals surface area contributed by atoms with Crippen LogP contribution < -0.4 is 25.2 Å². The van der Waals surface area contributed by atoms with E-state index < -0.39 is 6.09 Å². The van der Waals surface area contributed by atoms with Crippen LogP contribution in [0.3, 0.4) is 0 Å². The van der Waals surface area contributed by atoms with Gasteiger partial charge >= 0.3 is 6.09 Å². The first-order valence-electron chi connectivity index (χ1n) is 12.9. The number of ketones is 1. The van der Waals surface area contributed by atoms with E-state index in [-0.39, 0.29) is 42.6 Å². The quantitative estimate of drug-likeness (QED) is 0.468. The zero-order valence-electron chi connectivity index (χ0n) is 21.1. The molecule has 1 aliphatic carbocycles. The minimum Gasteiger partial charge on any atom is -0.484 e. The van der Waals surface area contributed by atoms with E-state index in [1.165, 1.54) is 0 Å². The van der Waals surface area contributed by atoms with Gasteiger partial charge in [0.15, 0.2) is 5.78 Å². The highest BCUT2D eigenvalue weighted by Gasteiger charge is 2.46. The van der Waals surface area contributed by atoms with Gasteiger partial charge in [-0.25, -0.2) is 9.78 Å². The van der Waals surface area contributed by atoms with Gasteiger partial charge in [0, 0.05) is 36.5 Å². The normalized spacial score (nSPS) is 22.6. The Morgan fingerprint density at radius 3 is 2.82 bits per heavy atom. The first-order valence-corrected chi connectivity index (χ1v) is 12.9. The van der Waals surface area contributed by atoms with E-state index in [2.05, 4.69) is 15.3 Å². The summed E-state index contributed by atoms with van der Waals surface area (Å²) >= 11 is 0. The zero-order chi connectivity index (χ0) is 26.2. The summed E-state index contributed by atoms with van der Waals surface area (Å²) in [6.45, 7) is 1.30. The number of anilines is 1. The molecule has 38 heavy (non-hydrogen) atoms. The number of aromatic nitrogens is 3. The number of pyridine rings is 3. The second kappa shape index (κ2) is 10.1. The predicted octanol–water partition coefficient (Wildman–Crippen LogP) is 2.23. The molecule has 198 valence electrons. The van der Waals surface area contributed by atoms with Gasteiger partial charge in [-0.3, -0.25) is 19.1 Å². The minimum absolute atomic E-state index is 0.0306. The van der Waals surface area contributed by atoms with E-state index in [9.17, 15) is 14.4 Å². The Labute approximate surface area is 218 Å².